The van der Waals surface area contributed by atoms with E-state index in [-0.39, 0.29) is 6.10 Å². The molecule has 1 fully saturated rings. The quantitative estimate of drug-likeness (QED) is 0.542. The summed E-state index contributed by atoms with van der Waals surface area (Å²) >= 11 is 6.85. The van der Waals surface area contributed by atoms with Gasteiger partial charge in [0.15, 0.2) is 0 Å². The van der Waals surface area contributed by atoms with Crippen LogP contribution in [0.5, 0.6) is 0 Å². The van der Waals surface area contributed by atoms with Gasteiger partial charge in [0.25, 0.3) is 0 Å². The molecule has 0 atom stereocenters. The number of hydrogen-bond acceptors (Lipinski definition) is 3. The number of rotatable bonds is 4. The van der Waals surface area contributed by atoms with Crippen molar-refractivity contribution in [1.82, 2.24) is 5.32 Å². The van der Waals surface area contributed by atoms with Gasteiger partial charge in [0.05, 0.1) is 10.6 Å². The van der Waals surface area contributed by atoms with Crippen molar-refractivity contribution in [2.24, 2.45) is 0 Å². The van der Waals surface area contributed by atoms with E-state index >= 15 is 0 Å². The fourth-order valence-electron chi connectivity index (χ4n) is 2.45. The number of halogens is 2. The lowest BCUT2D eigenvalue weighted by Gasteiger charge is -2.26. The Morgan fingerprint density at radius 2 is 1.95 bits per heavy atom. The monoisotopic (exact) mass is 392 g/mol. The Balaban J connectivity index is 1.99. The second-order valence-corrected chi connectivity index (χ2v) is 6.73. The van der Waals surface area contributed by atoms with Gasteiger partial charge in [-0.25, -0.2) is 0 Å². The molecule has 19 heavy (non-hydrogen) atoms. The average molecular weight is 394 g/mol. The first-order valence-electron chi connectivity index (χ1n) is 6.44. The predicted molar refractivity (Wildman–Crippen MR) is 81.9 cm³/mol. The Morgan fingerprint density at radius 1 is 1.26 bits per heavy atom. The topological polar surface area (TPSA) is 71.9 Å². The maximum absolute atomic E-state index is 11.1. The molecule has 1 saturated carbocycles. The summed E-state index contributed by atoms with van der Waals surface area (Å²) in [5.74, 6) is 0. The van der Waals surface area contributed by atoms with Crippen LogP contribution in [0.15, 0.2) is 21.1 Å². The number of aliphatic hydroxyl groups excluding tert-OH is 1. The van der Waals surface area contributed by atoms with E-state index in [4.69, 9.17) is 0 Å². The van der Waals surface area contributed by atoms with Gasteiger partial charge >= 0.3 is 0 Å². The third kappa shape index (κ3) is 4.24. The molecule has 2 rings (SSSR count). The molecule has 106 valence electrons. The molecule has 1 aliphatic rings. The summed E-state index contributed by atoms with van der Waals surface area (Å²) in [7, 11) is 0. The van der Waals surface area contributed by atoms with Crippen molar-refractivity contribution >= 4 is 37.5 Å². The first kappa shape index (κ1) is 15.4. The summed E-state index contributed by atoms with van der Waals surface area (Å²) < 4.78 is 1.77. The Kier molecular flexibility index (Phi) is 5.80. The van der Waals surface area contributed by atoms with Gasteiger partial charge in [-0.15, -0.1) is 0 Å². The van der Waals surface area contributed by atoms with Gasteiger partial charge in [-0.05, 0) is 53.7 Å². The zero-order chi connectivity index (χ0) is 13.8. The number of benzene rings is 1. The van der Waals surface area contributed by atoms with Crippen LogP contribution in [0.25, 0.3) is 0 Å². The summed E-state index contributed by atoms with van der Waals surface area (Å²) in [6, 6.07) is 4.28. The molecular weight excluding hydrogens is 376 g/mol. The average Bonchev–Trinajstić information content (AvgIpc) is 2.37. The SMILES string of the molecule is [O-][NH2+]c1c(Br)cc(Br)cc1CNC1CCC(O)CC1. The smallest absolute Gasteiger partial charge is 0.148 e. The summed E-state index contributed by atoms with van der Waals surface area (Å²) in [4.78, 5) is 0. The zero-order valence-electron chi connectivity index (χ0n) is 10.5. The lowest BCUT2D eigenvalue weighted by Crippen LogP contribution is -2.71. The first-order valence-corrected chi connectivity index (χ1v) is 8.03. The second-order valence-electron chi connectivity index (χ2n) is 4.96. The molecule has 0 heterocycles. The Labute approximate surface area is 129 Å². The van der Waals surface area contributed by atoms with Crippen molar-refractivity contribution in [3.05, 3.63) is 31.8 Å². The van der Waals surface area contributed by atoms with Crippen LogP contribution in [0, 0.1) is 5.21 Å². The van der Waals surface area contributed by atoms with E-state index in [0.717, 1.165) is 45.7 Å². The van der Waals surface area contributed by atoms with Crippen molar-refractivity contribution in [2.75, 3.05) is 0 Å². The molecular formula is C13H18Br2N2O2. The van der Waals surface area contributed by atoms with Gasteiger partial charge in [-0.2, -0.15) is 0 Å². The molecule has 0 amide bonds. The van der Waals surface area contributed by atoms with E-state index < -0.39 is 0 Å². The van der Waals surface area contributed by atoms with E-state index in [1.54, 1.807) is 0 Å². The fourth-order valence-corrected chi connectivity index (χ4v) is 3.86. The standard InChI is InChI=1S/C13H18Br2N2O2/c14-9-5-8(13(17-19)12(15)6-9)7-16-10-1-3-11(18)4-2-10/h5-6,10-11,16,18H,1-4,7,17H2. The summed E-state index contributed by atoms with van der Waals surface area (Å²) in [6.45, 7) is 0.673. The summed E-state index contributed by atoms with van der Waals surface area (Å²) in [5, 5.41) is 24.1. The van der Waals surface area contributed by atoms with Crippen molar-refractivity contribution in [3.63, 3.8) is 0 Å². The number of aliphatic hydroxyl groups is 1. The highest BCUT2D eigenvalue weighted by atomic mass is 79.9. The van der Waals surface area contributed by atoms with Gasteiger partial charge in [0.1, 0.15) is 5.69 Å². The van der Waals surface area contributed by atoms with Crippen LogP contribution in [0.1, 0.15) is 31.2 Å². The molecule has 0 saturated heterocycles. The molecule has 1 aromatic carbocycles. The molecule has 0 radical (unpaired) electrons. The number of quaternary nitrogens is 1. The minimum Gasteiger partial charge on any atom is -0.630 e. The van der Waals surface area contributed by atoms with Gasteiger partial charge in [-0.3, -0.25) is 0 Å². The van der Waals surface area contributed by atoms with Gasteiger partial charge in [-0.1, -0.05) is 15.9 Å². The number of hydrogen-bond donors (Lipinski definition) is 3. The highest BCUT2D eigenvalue weighted by Gasteiger charge is 2.19. The van der Waals surface area contributed by atoms with E-state index in [1.165, 1.54) is 0 Å². The third-order valence-electron chi connectivity index (χ3n) is 3.58. The van der Waals surface area contributed by atoms with E-state index in [0.29, 0.717) is 18.3 Å². The van der Waals surface area contributed by atoms with Crippen molar-refractivity contribution in [1.29, 1.82) is 0 Å². The van der Waals surface area contributed by atoms with E-state index in [9.17, 15) is 10.3 Å². The Bertz CT molecular complexity index is 435. The lowest BCUT2D eigenvalue weighted by molar-refractivity contribution is -0.498. The Morgan fingerprint density at radius 3 is 2.58 bits per heavy atom. The molecule has 0 aliphatic heterocycles. The van der Waals surface area contributed by atoms with Gasteiger partial charge in [0.2, 0.25) is 0 Å². The minimum atomic E-state index is -0.136. The summed E-state index contributed by atoms with van der Waals surface area (Å²) in [6.07, 6.45) is 3.57. The number of nitrogens with one attached hydrogen (secondary N) is 1. The van der Waals surface area contributed by atoms with Gasteiger partial charge in [0, 0.05) is 22.6 Å². The third-order valence-corrected chi connectivity index (χ3v) is 4.69. The lowest BCUT2D eigenvalue weighted by atomic mass is 9.93. The van der Waals surface area contributed by atoms with Gasteiger partial charge < -0.3 is 21.1 Å². The molecule has 4 nitrogen and oxygen atoms in total. The van der Waals surface area contributed by atoms with Crippen molar-refractivity contribution in [2.45, 2.75) is 44.4 Å². The van der Waals surface area contributed by atoms with Crippen LogP contribution in [0.3, 0.4) is 0 Å². The maximum Gasteiger partial charge on any atom is 0.148 e. The molecule has 6 heteroatoms. The molecule has 0 spiro atoms. The second kappa shape index (κ2) is 7.15. The zero-order valence-corrected chi connectivity index (χ0v) is 13.7. The van der Waals surface area contributed by atoms with Crippen LogP contribution in [-0.2, 0) is 6.54 Å². The Hall–Kier alpha value is 0.0200. The van der Waals surface area contributed by atoms with E-state index in [2.05, 4.69) is 37.2 Å². The molecule has 0 aromatic heterocycles. The molecule has 4 N–H and O–H groups in total. The summed E-state index contributed by atoms with van der Waals surface area (Å²) in [5.41, 5.74) is 2.58. The molecule has 1 aromatic rings. The molecule has 1 aliphatic carbocycles. The van der Waals surface area contributed by atoms with Crippen molar-refractivity contribution in [3.8, 4) is 0 Å². The first-order chi connectivity index (χ1) is 9.10. The van der Waals surface area contributed by atoms with Crippen LogP contribution in [0.4, 0.5) is 5.69 Å². The maximum atomic E-state index is 11.1. The molecule has 0 unspecified atom stereocenters. The fraction of sp³-hybridized carbons (Fsp3) is 0.538. The molecule has 0 bridgehead atoms. The highest BCUT2D eigenvalue weighted by molar-refractivity contribution is 9.11. The largest absolute Gasteiger partial charge is 0.630 e. The van der Waals surface area contributed by atoms with Crippen LogP contribution in [0.2, 0.25) is 0 Å². The minimum absolute atomic E-state index is 0.136. The van der Waals surface area contributed by atoms with Crippen molar-refractivity contribution < 1.29 is 10.6 Å². The predicted octanol–water partition coefficient (Wildman–Crippen LogP) is 2.30. The van der Waals surface area contributed by atoms with Crippen LogP contribution in [-0.4, -0.2) is 17.3 Å². The van der Waals surface area contributed by atoms with E-state index in [1.807, 2.05) is 12.1 Å². The number of nitrogens with two attached hydrogens (primary N) is 1. The van der Waals surface area contributed by atoms with Crippen LogP contribution < -0.4 is 10.8 Å². The normalized spacial score (nSPS) is 23.6. The highest BCUT2D eigenvalue weighted by Crippen LogP contribution is 2.28. The van der Waals surface area contributed by atoms with Crippen LogP contribution >= 0.6 is 31.9 Å².